The van der Waals surface area contributed by atoms with Crippen molar-refractivity contribution in [3.8, 4) is 0 Å². The Morgan fingerprint density at radius 1 is 1.13 bits per heavy atom. The fourth-order valence-corrected chi connectivity index (χ4v) is 0.673. The second kappa shape index (κ2) is 16.1. The number of ketones is 1. The molecule has 0 aliphatic carbocycles. The average molecular weight is 229 g/mol. The van der Waals surface area contributed by atoms with Gasteiger partial charge in [-0.1, -0.05) is 26.7 Å². The van der Waals surface area contributed by atoms with E-state index in [9.17, 15) is 19.8 Å². The maximum Gasteiger partial charge on any atom is 2.00 e. The number of aliphatic carboxylic acids is 1. The zero-order valence-electron chi connectivity index (χ0n) is 9.45. The Morgan fingerprint density at radius 2 is 1.67 bits per heavy atom. The van der Waals surface area contributed by atoms with E-state index in [4.69, 9.17) is 0 Å². The fourth-order valence-electron chi connectivity index (χ4n) is 0.673. The van der Waals surface area contributed by atoms with E-state index in [-0.39, 0.29) is 29.8 Å². The Balaban J connectivity index is -0.000000208. The molecule has 0 bridgehead atoms. The van der Waals surface area contributed by atoms with Crippen LogP contribution in [0.3, 0.4) is 0 Å². The van der Waals surface area contributed by atoms with Crippen LogP contribution in [0.5, 0.6) is 0 Å². The number of carboxylic acids is 1. The van der Waals surface area contributed by atoms with Crippen LogP contribution < -0.4 is 10.2 Å². The summed E-state index contributed by atoms with van der Waals surface area (Å²) in [5, 5.41) is 19.3. The van der Waals surface area contributed by atoms with E-state index in [0.717, 1.165) is 12.8 Å². The third-order valence-corrected chi connectivity index (χ3v) is 1.37. The summed E-state index contributed by atoms with van der Waals surface area (Å²) in [4.78, 5) is 20.2. The van der Waals surface area contributed by atoms with Crippen molar-refractivity contribution in [3.05, 3.63) is 0 Å². The van der Waals surface area contributed by atoms with Gasteiger partial charge in [-0.05, 0) is 6.42 Å². The number of unbranched alkanes of at least 4 members (excludes halogenated alkanes) is 1. The van der Waals surface area contributed by atoms with Crippen LogP contribution in [-0.4, -0.2) is 35.7 Å². The summed E-state index contributed by atoms with van der Waals surface area (Å²) < 4.78 is 0. The molecule has 5 heteroatoms. The van der Waals surface area contributed by atoms with Gasteiger partial charge in [-0.3, -0.25) is 4.79 Å². The maximum atomic E-state index is 10.4. The number of hydrogen-bond acceptors (Lipinski definition) is 4. The number of hydrogen-bond donors (Lipinski definition) is 0. The van der Waals surface area contributed by atoms with Crippen LogP contribution in [0.15, 0.2) is 0 Å². The summed E-state index contributed by atoms with van der Waals surface area (Å²) in [6.45, 7) is 3.93. The molecule has 0 aromatic heterocycles. The maximum absolute atomic E-state index is 10.4. The molecule has 0 rings (SSSR count). The number of carbonyl (C=O) groups excluding carboxylic acids is 2. The van der Waals surface area contributed by atoms with Gasteiger partial charge in [-0.2, -0.15) is 0 Å². The van der Waals surface area contributed by atoms with E-state index in [0.29, 0.717) is 12.8 Å². The predicted molar refractivity (Wildman–Crippen MR) is 55.1 cm³/mol. The first-order valence-electron chi connectivity index (χ1n) is 4.88. The van der Waals surface area contributed by atoms with E-state index in [2.05, 4.69) is 0 Å². The fraction of sp³-hybridized carbons (Fsp3) is 0.800. The molecule has 0 heterocycles. The predicted octanol–water partition coefficient (Wildman–Crippen LogP) is -0.738. The summed E-state index contributed by atoms with van der Waals surface area (Å²) in [5.74, 6) is -1.54. The summed E-state index contributed by atoms with van der Waals surface area (Å²) >= 11 is 0. The molecule has 0 saturated carbocycles. The van der Waals surface area contributed by atoms with Gasteiger partial charge in [0.15, 0.2) is 0 Å². The molecule has 1 radical (unpaired) electrons. The molecule has 4 nitrogen and oxygen atoms in total. The molecular weight excluding hydrogens is 211 g/mol. The molecule has 0 aromatic carbocycles. The molecule has 0 aliphatic rings. The first kappa shape index (κ1) is 20.1. The van der Waals surface area contributed by atoms with Crippen LogP contribution in [0.1, 0.15) is 46.0 Å². The second-order valence-corrected chi connectivity index (χ2v) is 2.90. The van der Waals surface area contributed by atoms with Crippen molar-refractivity contribution in [1.82, 2.24) is 0 Å². The van der Waals surface area contributed by atoms with E-state index < -0.39 is 12.4 Å². The minimum Gasteiger partial charge on any atom is -0.854 e. The van der Waals surface area contributed by atoms with Crippen LogP contribution in [-0.2, 0) is 9.59 Å². The first-order chi connectivity index (χ1) is 6.58. The topological polar surface area (TPSA) is 80.3 Å². The minimum atomic E-state index is -1.28. The molecule has 0 fully saturated rings. The zero-order chi connectivity index (χ0) is 11.4. The monoisotopic (exact) mass is 229 g/mol. The van der Waals surface area contributed by atoms with Gasteiger partial charge in [0, 0.05) is 18.8 Å². The van der Waals surface area contributed by atoms with E-state index in [1.165, 1.54) is 0 Å². The van der Waals surface area contributed by atoms with Gasteiger partial charge in [-0.25, -0.2) is 0 Å². The largest absolute Gasteiger partial charge is 2.00 e. The number of rotatable bonds is 6. The van der Waals surface area contributed by atoms with Crippen molar-refractivity contribution in [2.45, 2.75) is 46.0 Å². The van der Waals surface area contributed by atoms with Gasteiger partial charge in [0.05, 0.1) is 0 Å². The molecule has 0 saturated heterocycles. The Labute approximate surface area is 102 Å². The van der Waals surface area contributed by atoms with Crippen LogP contribution >= 0.6 is 0 Å². The van der Waals surface area contributed by atoms with Crippen molar-refractivity contribution >= 4 is 29.1 Å². The normalized spacial score (nSPS) is 8.20. The van der Waals surface area contributed by atoms with E-state index in [1.54, 1.807) is 0 Å². The number of Topliss-reactive ketones (excluding diaryl/α,β-unsaturated/α-hetero) is 1. The summed E-state index contributed by atoms with van der Waals surface area (Å²) in [5.41, 5.74) is 0. The average Bonchev–Trinajstić information content (AvgIpc) is 2.05. The van der Waals surface area contributed by atoms with Gasteiger partial charge < -0.3 is 15.0 Å². The summed E-state index contributed by atoms with van der Waals surface area (Å²) in [6, 6.07) is 0. The molecule has 0 N–H and O–H groups in total. The first-order valence-corrected chi connectivity index (χ1v) is 4.88. The number of carbonyl (C=O) groups is 2. The molecule has 85 valence electrons. The van der Waals surface area contributed by atoms with E-state index in [1.807, 2.05) is 13.8 Å². The number of carboxylic acid groups (broad SMARTS) is 1. The Bertz CT molecular complexity index is 158. The van der Waals surface area contributed by atoms with Crippen molar-refractivity contribution in [2.24, 2.45) is 0 Å². The molecule has 0 amide bonds. The Morgan fingerprint density at radius 3 is 1.87 bits per heavy atom. The van der Waals surface area contributed by atoms with Crippen LogP contribution in [0.4, 0.5) is 0 Å². The molecule has 0 atom stereocenters. The third-order valence-electron chi connectivity index (χ3n) is 1.37. The molecule has 15 heavy (non-hydrogen) atoms. The molecule has 0 spiro atoms. The Hall–Kier alpha value is -0.368. The SMILES string of the molecule is CCCC(=O)CC(=O)[O-].CCCC[O-].[Al+2]. The van der Waals surface area contributed by atoms with Crippen molar-refractivity contribution in [1.29, 1.82) is 0 Å². The molecular formula is C10H18AlO4. The summed E-state index contributed by atoms with van der Waals surface area (Å²) in [7, 11) is 0. The minimum absolute atomic E-state index is 0. The van der Waals surface area contributed by atoms with Gasteiger partial charge in [-0.15, -0.1) is 6.61 Å². The van der Waals surface area contributed by atoms with Gasteiger partial charge in [0.25, 0.3) is 0 Å². The van der Waals surface area contributed by atoms with Crippen LogP contribution in [0.25, 0.3) is 0 Å². The van der Waals surface area contributed by atoms with Crippen molar-refractivity contribution in [2.75, 3.05) is 6.61 Å². The molecule has 0 aromatic rings. The molecule has 0 aliphatic heterocycles. The quantitative estimate of drug-likeness (QED) is 0.444. The van der Waals surface area contributed by atoms with Crippen LogP contribution in [0, 0.1) is 0 Å². The second-order valence-electron chi connectivity index (χ2n) is 2.90. The third kappa shape index (κ3) is 24.8. The Kier molecular flexibility index (Phi) is 21.5. The standard InChI is InChI=1S/C6H10O3.C4H9O.Al/c1-2-3-5(7)4-6(8)9;1-2-3-4-5;/h2-4H2,1H3,(H,8,9);2-4H2,1H3;/q;-1;+2/p-1. The van der Waals surface area contributed by atoms with Crippen molar-refractivity contribution in [3.63, 3.8) is 0 Å². The van der Waals surface area contributed by atoms with Gasteiger partial charge >= 0.3 is 17.4 Å². The summed E-state index contributed by atoms with van der Waals surface area (Å²) in [6.07, 6.45) is 2.47. The van der Waals surface area contributed by atoms with Gasteiger partial charge in [0.1, 0.15) is 5.78 Å². The van der Waals surface area contributed by atoms with Gasteiger partial charge in [0.2, 0.25) is 0 Å². The van der Waals surface area contributed by atoms with Crippen molar-refractivity contribution < 1.29 is 19.8 Å². The van der Waals surface area contributed by atoms with Crippen LogP contribution in [0.2, 0.25) is 0 Å². The smallest absolute Gasteiger partial charge is 0.854 e. The zero-order valence-corrected chi connectivity index (χ0v) is 10.6. The van der Waals surface area contributed by atoms with E-state index >= 15 is 0 Å². The molecule has 0 unspecified atom stereocenters.